The number of rotatable bonds is 2. The van der Waals surface area contributed by atoms with Crippen LogP contribution >= 0.6 is 0 Å². The van der Waals surface area contributed by atoms with E-state index in [1.807, 2.05) is 6.07 Å². The average molecular weight is 161 g/mol. The van der Waals surface area contributed by atoms with Gasteiger partial charge in [-0.1, -0.05) is 37.3 Å². The fourth-order valence-corrected chi connectivity index (χ4v) is 1.77. The quantitative estimate of drug-likeness (QED) is 0.708. The smallest absolute Gasteiger partial charge is 0.0326 e. The molecule has 0 bridgehead atoms. The van der Waals surface area contributed by atoms with Gasteiger partial charge in [-0.05, 0) is 23.8 Å². The number of benzene rings is 1. The van der Waals surface area contributed by atoms with E-state index in [1.165, 1.54) is 12.0 Å². The largest absolute Gasteiger partial charge is 0.324 e. The minimum absolute atomic E-state index is 0.265. The molecule has 2 N–H and O–H groups in total. The van der Waals surface area contributed by atoms with Crippen LogP contribution in [0, 0.1) is 11.8 Å². The Kier molecular flexibility index (Phi) is 1.89. The van der Waals surface area contributed by atoms with Gasteiger partial charge in [-0.15, -0.1) is 0 Å². The number of nitrogens with two attached hydrogens (primary N) is 1. The third-order valence-electron chi connectivity index (χ3n) is 2.82. The molecule has 64 valence electrons. The van der Waals surface area contributed by atoms with Crippen LogP contribution in [0.1, 0.15) is 24.9 Å². The highest BCUT2D eigenvalue weighted by Crippen LogP contribution is 2.45. The van der Waals surface area contributed by atoms with E-state index in [-0.39, 0.29) is 6.04 Å². The first kappa shape index (κ1) is 7.81. The van der Waals surface area contributed by atoms with Crippen molar-refractivity contribution < 1.29 is 0 Å². The lowest BCUT2D eigenvalue weighted by atomic mass is 10.0. The molecule has 1 heteroatoms. The van der Waals surface area contributed by atoms with Gasteiger partial charge in [-0.3, -0.25) is 0 Å². The van der Waals surface area contributed by atoms with Gasteiger partial charge in [0.1, 0.15) is 0 Å². The van der Waals surface area contributed by atoms with Crippen LogP contribution in [0.25, 0.3) is 0 Å². The molecule has 1 aliphatic rings. The first-order chi connectivity index (χ1) is 5.79. The molecule has 0 saturated heterocycles. The van der Waals surface area contributed by atoms with Crippen molar-refractivity contribution in [1.82, 2.24) is 0 Å². The van der Waals surface area contributed by atoms with Crippen LogP contribution in [0.2, 0.25) is 0 Å². The van der Waals surface area contributed by atoms with Gasteiger partial charge in [0.2, 0.25) is 0 Å². The molecule has 1 fully saturated rings. The summed E-state index contributed by atoms with van der Waals surface area (Å²) in [6, 6.07) is 10.7. The fourth-order valence-electron chi connectivity index (χ4n) is 1.77. The molecular weight excluding hydrogens is 146 g/mol. The Morgan fingerprint density at radius 1 is 1.33 bits per heavy atom. The van der Waals surface area contributed by atoms with E-state index in [4.69, 9.17) is 5.73 Å². The standard InChI is InChI=1S/C11H15N/c1-8-7-10(8)11(12)9-5-3-2-4-6-9/h2-6,8,10-11H,7,12H2,1H3/t8-,10-,11-/m1/s1. The highest BCUT2D eigenvalue weighted by molar-refractivity contribution is 5.20. The van der Waals surface area contributed by atoms with Gasteiger partial charge in [0.05, 0.1) is 0 Å². The second-order valence-corrected chi connectivity index (χ2v) is 3.81. The SMILES string of the molecule is C[C@@H]1C[C@H]1[C@H](N)c1ccccc1. The molecule has 0 radical (unpaired) electrons. The van der Waals surface area contributed by atoms with Crippen molar-refractivity contribution >= 4 is 0 Å². The summed E-state index contributed by atoms with van der Waals surface area (Å²) in [4.78, 5) is 0. The first-order valence-electron chi connectivity index (χ1n) is 4.59. The highest BCUT2D eigenvalue weighted by Gasteiger charge is 2.37. The number of hydrogen-bond donors (Lipinski definition) is 1. The second kappa shape index (κ2) is 2.91. The van der Waals surface area contributed by atoms with Crippen LogP contribution < -0.4 is 5.73 Å². The molecule has 0 aliphatic heterocycles. The van der Waals surface area contributed by atoms with E-state index in [9.17, 15) is 0 Å². The van der Waals surface area contributed by atoms with E-state index >= 15 is 0 Å². The van der Waals surface area contributed by atoms with Crippen LogP contribution in [0.5, 0.6) is 0 Å². The molecule has 1 aromatic carbocycles. The Hall–Kier alpha value is -0.820. The zero-order valence-electron chi connectivity index (χ0n) is 7.40. The average Bonchev–Trinajstić information content (AvgIpc) is 2.83. The highest BCUT2D eigenvalue weighted by atomic mass is 14.7. The van der Waals surface area contributed by atoms with E-state index in [1.54, 1.807) is 0 Å². The van der Waals surface area contributed by atoms with Crippen LogP contribution in [0.15, 0.2) is 30.3 Å². The topological polar surface area (TPSA) is 26.0 Å². The summed E-state index contributed by atoms with van der Waals surface area (Å²) in [5.74, 6) is 1.56. The van der Waals surface area contributed by atoms with Gasteiger partial charge >= 0.3 is 0 Å². The van der Waals surface area contributed by atoms with Crippen LogP contribution in [0.4, 0.5) is 0 Å². The van der Waals surface area contributed by atoms with E-state index in [2.05, 4.69) is 31.2 Å². The predicted molar refractivity (Wildman–Crippen MR) is 50.6 cm³/mol. The fraction of sp³-hybridized carbons (Fsp3) is 0.455. The van der Waals surface area contributed by atoms with Crippen molar-refractivity contribution in [3.63, 3.8) is 0 Å². The predicted octanol–water partition coefficient (Wildman–Crippen LogP) is 2.34. The maximum atomic E-state index is 6.09. The van der Waals surface area contributed by atoms with Crippen LogP contribution in [-0.2, 0) is 0 Å². The second-order valence-electron chi connectivity index (χ2n) is 3.81. The zero-order chi connectivity index (χ0) is 8.55. The third kappa shape index (κ3) is 1.37. The van der Waals surface area contributed by atoms with Gasteiger partial charge in [0.25, 0.3) is 0 Å². The Balaban J connectivity index is 2.10. The monoisotopic (exact) mass is 161 g/mol. The van der Waals surface area contributed by atoms with E-state index < -0.39 is 0 Å². The van der Waals surface area contributed by atoms with Crippen molar-refractivity contribution in [3.8, 4) is 0 Å². The zero-order valence-corrected chi connectivity index (χ0v) is 7.40. The van der Waals surface area contributed by atoms with Gasteiger partial charge in [0.15, 0.2) is 0 Å². The van der Waals surface area contributed by atoms with Crippen LogP contribution in [-0.4, -0.2) is 0 Å². The van der Waals surface area contributed by atoms with E-state index in [0.717, 1.165) is 11.8 Å². The molecule has 2 rings (SSSR count). The van der Waals surface area contributed by atoms with Gasteiger partial charge in [-0.25, -0.2) is 0 Å². The lowest BCUT2D eigenvalue weighted by Gasteiger charge is -2.10. The summed E-state index contributed by atoms with van der Waals surface area (Å²) >= 11 is 0. The molecule has 12 heavy (non-hydrogen) atoms. The van der Waals surface area contributed by atoms with Gasteiger partial charge in [0, 0.05) is 6.04 Å². The Morgan fingerprint density at radius 3 is 2.42 bits per heavy atom. The van der Waals surface area contributed by atoms with Gasteiger partial charge in [-0.2, -0.15) is 0 Å². The maximum Gasteiger partial charge on any atom is 0.0326 e. The molecule has 0 aromatic heterocycles. The Labute approximate surface area is 73.6 Å². The lowest BCUT2D eigenvalue weighted by molar-refractivity contribution is 0.593. The van der Waals surface area contributed by atoms with Crippen molar-refractivity contribution in [2.45, 2.75) is 19.4 Å². The Morgan fingerprint density at radius 2 is 1.92 bits per heavy atom. The molecular formula is C11H15N. The molecule has 1 aliphatic carbocycles. The summed E-state index contributed by atoms with van der Waals surface area (Å²) in [5, 5.41) is 0. The Bertz CT molecular complexity index is 255. The molecule has 0 spiro atoms. The van der Waals surface area contributed by atoms with E-state index in [0.29, 0.717) is 0 Å². The normalized spacial score (nSPS) is 29.8. The number of hydrogen-bond acceptors (Lipinski definition) is 1. The summed E-state index contributed by atoms with van der Waals surface area (Å²) in [6.45, 7) is 2.27. The minimum Gasteiger partial charge on any atom is -0.324 e. The molecule has 1 saturated carbocycles. The van der Waals surface area contributed by atoms with Crippen molar-refractivity contribution in [2.24, 2.45) is 17.6 Å². The molecule has 0 heterocycles. The van der Waals surface area contributed by atoms with Gasteiger partial charge < -0.3 is 5.73 Å². The molecule has 0 amide bonds. The maximum absolute atomic E-state index is 6.09. The van der Waals surface area contributed by atoms with Crippen molar-refractivity contribution in [3.05, 3.63) is 35.9 Å². The molecule has 1 aromatic rings. The van der Waals surface area contributed by atoms with Crippen LogP contribution in [0.3, 0.4) is 0 Å². The van der Waals surface area contributed by atoms with Crippen molar-refractivity contribution in [1.29, 1.82) is 0 Å². The molecule has 3 atom stereocenters. The van der Waals surface area contributed by atoms with Crippen molar-refractivity contribution in [2.75, 3.05) is 0 Å². The third-order valence-corrected chi connectivity index (χ3v) is 2.82. The summed E-state index contributed by atoms with van der Waals surface area (Å²) in [7, 11) is 0. The molecule has 1 nitrogen and oxygen atoms in total. The summed E-state index contributed by atoms with van der Waals surface area (Å²) in [6.07, 6.45) is 1.30. The first-order valence-corrected chi connectivity index (χ1v) is 4.59. The summed E-state index contributed by atoms with van der Waals surface area (Å²) in [5.41, 5.74) is 7.37. The minimum atomic E-state index is 0.265. The molecule has 0 unspecified atom stereocenters. The lowest BCUT2D eigenvalue weighted by Crippen LogP contribution is -2.12. The summed E-state index contributed by atoms with van der Waals surface area (Å²) < 4.78 is 0.